The number of alkyl halides is 1. The first-order valence-electron chi connectivity index (χ1n) is 5.50. The zero-order valence-electron chi connectivity index (χ0n) is 10.1. The van der Waals surface area contributed by atoms with E-state index in [0.717, 1.165) is 16.6 Å². The highest BCUT2D eigenvalue weighted by Crippen LogP contribution is 2.14. The van der Waals surface area contributed by atoms with Crippen molar-refractivity contribution in [3.63, 3.8) is 0 Å². The van der Waals surface area contributed by atoms with Crippen LogP contribution in [-0.2, 0) is 16.0 Å². The summed E-state index contributed by atoms with van der Waals surface area (Å²) in [5.74, 6) is 1.07. The van der Waals surface area contributed by atoms with E-state index < -0.39 is 0 Å². The predicted octanol–water partition coefficient (Wildman–Crippen LogP) is 2.81. The third-order valence-corrected chi connectivity index (χ3v) is 3.40. The van der Waals surface area contributed by atoms with Gasteiger partial charge in [0.15, 0.2) is 0 Å². The molecule has 0 aliphatic carbocycles. The summed E-state index contributed by atoms with van der Waals surface area (Å²) in [6, 6.07) is 7.51. The lowest BCUT2D eigenvalue weighted by atomic mass is 10.1. The van der Waals surface area contributed by atoms with Crippen molar-refractivity contribution in [3.8, 4) is 5.75 Å². The zero-order valence-corrected chi connectivity index (χ0v) is 11.7. The molecule has 0 heterocycles. The molecule has 94 valence electrons. The molecule has 1 atom stereocenters. The third kappa shape index (κ3) is 5.22. The number of carbonyl (C=O) groups is 1. The Kier molecular flexibility index (Phi) is 6.05. The number of esters is 1. The van der Waals surface area contributed by atoms with Crippen LogP contribution in [0.1, 0.15) is 12.5 Å². The van der Waals surface area contributed by atoms with Crippen LogP contribution in [0.2, 0.25) is 0 Å². The van der Waals surface area contributed by atoms with Crippen molar-refractivity contribution in [2.24, 2.45) is 5.92 Å². The van der Waals surface area contributed by atoms with Crippen molar-refractivity contribution in [2.45, 2.75) is 13.3 Å². The van der Waals surface area contributed by atoms with Gasteiger partial charge in [-0.05, 0) is 23.6 Å². The van der Waals surface area contributed by atoms with Crippen LogP contribution in [0.3, 0.4) is 0 Å². The Morgan fingerprint density at radius 2 is 2.00 bits per heavy atom. The van der Waals surface area contributed by atoms with E-state index >= 15 is 0 Å². The molecule has 0 amide bonds. The summed E-state index contributed by atoms with van der Waals surface area (Å²) < 4.78 is 10.2. The fourth-order valence-corrected chi connectivity index (χ4v) is 1.41. The molecule has 0 saturated heterocycles. The van der Waals surface area contributed by atoms with Gasteiger partial charge < -0.3 is 9.47 Å². The molecule has 4 heteroatoms. The minimum absolute atomic E-state index is 0.230. The molecular weight excluding hydrogens is 284 g/mol. The van der Waals surface area contributed by atoms with E-state index in [2.05, 4.69) is 27.6 Å². The fraction of sp³-hybridized carbons (Fsp3) is 0.462. The lowest BCUT2D eigenvalue weighted by molar-refractivity contribution is -0.139. The molecule has 0 spiro atoms. The number of carbonyl (C=O) groups excluding carboxylic acids is 1. The lowest BCUT2D eigenvalue weighted by Gasteiger charge is -2.10. The highest BCUT2D eigenvalue weighted by atomic mass is 79.9. The number of ether oxygens (including phenoxy) is 2. The number of rotatable bonds is 6. The average molecular weight is 301 g/mol. The molecule has 0 fully saturated rings. The Bertz CT molecular complexity index is 348. The Morgan fingerprint density at radius 3 is 2.53 bits per heavy atom. The Balaban J connectivity index is 2.47. The van der Waals surface area contributed by atoms with E-state index in [1.54, 1.807) is 0 Å². The largest absolute Gasteiger partial charge is 0.493 e. The maximum absolute atomic E-state index is 11.1. The van der Waals surface area contributed by atoms with Crippen molar-refractivity contribution in [1.82, 2.24) is 0 Å². The van der Waals surface area contributed by atoms with Crippen LogP contribution in [0.5, 0.6) is 5.75 Å². The van der Waals surface area contributed by atoms with Gasteiger partial charge in [-0.3, -0.25) is 4.79 Å². The first kappa shape index (κ1) is 14.0. The fourth-order valence-electron chi connectivity index (χ4n) is 1.23. The Labute approximate surface area is 110 Å². The van der Waals surface area contributed by atoms with Crippen LogP contribution in [0, 0.1) is 5.92 Å². The van der Waals surface area contributed by atoms with Crippen LogP contribution in [0.25, 0.3) is 0 Å². The van der Waals surface area contributed by atoms with Crippen molar-refractivity contribution in [1.29, 1.82) is 0 Å². The summed E-state index contributed by atoms with van der Waals surface area (Å²) in [6.07, 6.45) is 0.300. The standard InChI is InChI=1S/C13H17BrO3/c1-10(8-14)9-17-12-5-3-11(4-6-12)7-13(15)16-2/h3-6,10H,7-9H2,1-2H3. The van der Waals surface area contributed by atoms with E-state index in [4.69, 9.17) is 4.74 Å². The monoisotopic (exact) mass is 300 g/mol. The molecule has 0 aliphatic rings. The van der Waals surface area contributed by atoms with Gasteiger partial charge in [0.25, 0.3) is 0 Å². The summed E-state index contributed by atoms with van der Waals surface area (Å²) in [5.41, 5.74) is 0.928. The highest BCUT2D eigenvalue weighted by molar-refractivity contribution is 9.09. The molecule has 1 unspecified atom stereocenters. The molecule has 0 saturated carbocycles. The predicted molar refractivity (Wildman–Crippen MR) is 70.6 cm³/mol. The minimum atomic E-state index is -0.230. The van der Waals surface area contributed by atoms with Crippen LogP contribution >= 0.6 is 15.9 Å². The maximum Gasteiger partial charge on any atom is 0.309 e. The van der Waals surface area contributed by atoms with Crippen LogP contribution < -0.4 is 4.74 Å². The van der Waals surface area contributed by atoms with Crippen LogP contribution in [0.15, 0.2) is 24.3 Å². The molecular formula is C13H17BrO3. The number of methoxy groups -OCH3 is 1. The SMILES string of the molecule is COC(=O)Cc1ccc(OCC(C)CBr)cc1. The molecule has 0 aliphatic heterocycles. The molecule has 17 heavy (non-hydrogen) atoms. The van der Waals surface area contributed by atoms with Crippen molar-refractivity contribution < 1.29 is 14.3 Å². The van der Waals surface area contributed by atoms with Crippen LogP contribution in [-0.4, -0.2) is 25.0 Å². The van der Waals surface area contributed by atoms with E-state index in [0.29, 0.717) is 18.9 Å². The molecule has 1 aromatic rings. The second-order valence-electron chi connectivity index (χ2n) is 3.97. The summed E-state index contributed by atoms with van der Waals surface area (Å²) in [5, 5.41) is 0.924. The summed E-state index contributed by atoms with van der Waals surface area (Å²) >= 11 is 3.40. The van der Waals surface area contributed by atoms with Crippen molar-refractivity contribution >= 4 is 21.9 Å². The second kappa shape index (κ2) is 7.33. The zero-order chi connectivity index (χ0) is 12.7. The minimum Gasteiger partial charge on any atom is -0.493 e. The summed E-state index contributed by atoms with van der Waals surface area (Å²) in [4.78, 5) is 11.1. The van der Waals surface area contributed by atoms with Gasteiger partial charge in [0.2, 0.25) is 0 Å². The number of halogens is 1. The van der Waals surface area contributed by atoms with E-state index in [1.807, 2.05) is 24.3 Å². The molecule has 1 aromatic carbocycles. The summed E-state index contributed by atoms with van der Waals surface area (Å²) in [6.45, 7) is 2.79. The van der Waals surface area contributed by atoms with Gasteiger partial charge in [-0.2, -0.15) is 0 Å². The van der Waals surface area contributed by atoms with Gasteiger partial charge in [-0.1, -0.05) is 35.0 Å². The summed E-state index contributed by atoms with van der Waals surface area (Å²) in [7, 11) is 1.39. The normalized spacial score (nSPS) is 11.9. The first-order valence-corrected chi connectivity index (χ1v) is 6.62. The van der Waals surface area contributed by atoms with E-state index in [1.165, 1.54) is 7.11 Å². The van der Waals surface area contributed by atoms with Crippen molar-refractivity contribution in [2.75, 3.05) is 19.0 Å². The van der Waals surface area contributed by atoms with Gasteiger partial charge in [0, 0.05) is 5.33 Å². The quantitative estimate of drug-likeness (QED) is 0.599. The van der Waals surface area contributed by atoms with Crippen LogP contribution in [0.4, 0.5) is 0 Å². The molecule has 0 bridgehead atoms. The highest BCUT2D eigenvalue weighted by Gasteiger charge is 2.04. The number of benzene rings is 1. The van der Waals surface area contributed by atoms with Gasteiger partial charge in [-0.25, -0.2) is 0 Å². The Morgan fingerprint density at radius 1 is 1.35 bits per heavy atom. The smallest absolute Gasteiger partial charge is 0.309 e. The second-order valence-corrected chi connectivity index (χ2v) is 4.61. The van der Waals surface area contributed by atoms with E-state index in [9.17, 15) is 4.79 Å². The molecule has 3 nitrogen and oxygen atoms in total. The molecule has 0 aromatic heterocycles. The third-order valence-electron chi connectivity index (χ3n) is 2.30. The number of hydrogen-bond acceptors (Lipinski definition) is 3. The van der Waals surface area contributed by atoms with Gasteiger partial charge in [0.05, 0.1) is 20.1 Å². The van der Waals surface area contributed by atoms with Crippen molar-refractivity contribution in [3.05, 3.63) is 29.8 Å². The van der Waals surface area contributed by atoms with Gasteiger partial charge in [0.1, 0.15) is 5.75 Å². The lowest BCUT2D eigenvalue weighted by Crippen LogP contribution is -2.09. The van der Waals surface area contributed by atoms with Gasteiger partial charge >= 0.3 is 5.97 Å². The van der Waals surface area contributed by atoms with E-state index in [-0.39, 0.29) is 5.97 Å². The molecule has 1 rings (SSSR count). The van der Waals surface area contributed by atoms with Gasteiger partial charge in [-0.15, -0.1) is 0 Å². The average Bonchev–Trinajstić information content (AvgIpc) is 2.37. The first-order chi connectivity index (χ1) is 8.15. The Hall–Kier alpha value is -1.03. The topological polar surface area (TPSA) is 35.5 Å². The number of hydrogen-bond donors (Lipinski definition) is 0. The maximum atomic E-state index is 11.1. The molecule has 0 radical (unpaired) electrons. The molecule has 0 N–H and O–H groups in total.